The van der Waals surface area contributed by atoms with Crippen molar-refractivity contribution in [2.45, 2.75) is 40.6 Å². The van der Waals surface area contributed by atoms with E-state index in [2.05, 4.69) is 31.8 Å². The van der Waals surface area contributed by atoms with E-state index in [-0.39, 0.29) is 0 Å². The van der Waals surface area contributed by atoms with Gasteiger partial charge in [0.05, 0.1) is 25.8 Å². The predicted molar refractivity (Wildman–Crippen MR) is 132 cm³/mol. The predicted octanol–water partition coefficient (Wildman–Crippen LogP) is 5.50. The number of aryl methyl sites for hydroxylation is 2. The van der Waals surface area contributed by atoms with Gasteiger partial charge in [0, 0.05) is 11.6 Å². The van der Waals surface area contributed by atoms with Crippen LogP contribution >= 0.6 is 11.6 Å². The highest BCUT2D eigenvalue weighted by atomic mass is 35.5. The molecule has 7 nitrogen and oxygen atoms in total. The molecule has 0 amide bonds. The first-order valence-corrected chi connectivity index (χ1v) is 10.8. The number of hydrogen-bond acceptors (Lipinski definition) is 7. The van der Waals surface area contributed by atoms with Gasteiger partial charge in [0.15, 0.2) is 0 Å². The zero-order chi connectivity index (χ0) is 23.5. The summed E-state index contributed by atoms with van der Waals surface area (Å²) in [6, 6.07) is 11.0. The molecule has 0 atom stereocenters. The largest absolute Gasteiger partial charge is 0.455 e. The minimum Gasteiger partial charge on any atom is -0.455 e. The van der Waals surface area contributed by atoms with Crippen LogP contribution in [-0.4, -0.2) is 34.3 Å². The summed E-state index contributed by atoms with van der Waals surface area (Å²) < 4.78 is 5.88. The van der Waals surface area contributed by atoms with E-state index in [4.69, 9.17) is 24.2 Å². The van der Waals surface area contributed by atoms with Crippen molar-refractivity contribution in [2.75, 3.05) is 16.8 Å². The van der Waals surface area contributed by atoms with Gasteiger partial charge < -0.3 is 15.0 Å². The molecular weight excluding hydrogens is 423 g/mol. The highest BCUT2D eigenvalue weighted by Gasteiger charge is 2.10. The number of hydrogen-bond donors (Lipinski definition) is 1. The van der Waals surface area contributed by atoms with E-state index in [1.54, 1.807) is 23.2 Å². The maximum absolute atomic E-state index is 5.91. The Hall–Kier alpha value is -3.13. The van der Waals surface area contributed by atoms with Gasteiger partial charge in [-0.05, 0) is 56.4 Å². The van der Waals surface area contributed by atoms with Crippen molar-refractivity contribution in [1.82, 2.24) is 19.9 Å². The fourth-order valence-electron chi connectivity index (χ4n) is 2.69. The van der Waals surface area contributed by atoms with Crippen LogP contribution in [0.5, 0.6) is 11.5 Å². The summed E-state index contributed by atoms with van der Waals surface area (Å²) in [5.41, 5.74) is 1.61. The first-order valence-electron chi connectivity index (χ1n) is 10.4. The molecule has 1 aromatic carbocycles. The monoisotopic (exact) mass is 450 g/mol. The third-order valence-corrected chi connectivity index (χ3v) is 4.40. The second-order valence-corrected chi connectivity index (χ2v) is 6.90. The van der Waals surface area contributed by atoms with E-state index in [1.807, 2.05) is 52.0 Å². The van der Waals surface area contributed by atoms with Crippen molar-refractivity contribution < 1.29 is 4.74 Å². The van der Waals surface area contributed by atoms with Gasteiger partial charge in [-0.1, -0.05) is 38.3 Å². The van der Waals surface area contributed by atoms with Crippen LogP contribution in [0.4, 0.5) is 11.9 Å². The molecular formula is C23H28BClN6O. The Bertz CT molecular complexity index is 1020. The lowest BCUT2D eigenvalue weighted by Crippen LogP contribution is -2.21. The van der Waals surface area contributed by atoms with Crippen molar-refractivity contribution in [3.8, 4) is 11.5 Å². The van der Waals surface area contributed by atoms with Crippen molar-refractivity contribution in [3.63, 3.8) is 0 Å². The normalized spacial score (nSPS) is 10.0. The second kappa shape index (κ2) is 12.7. The molecule has 32 heavy (non-hydrogen) atoms. The van der Waals surface area contributed by atoms with Crippen LogP contribution in [0.3, 0.4) is 0 Å². The van der Waals surface area contributed by atoms with Gasteiger partial charge in [-0.3, -0.25) is 4.98 Å². The summed E-state index contributed by atoms with van der Waals surface area (Å²) >= 11 is 5.91. The van der Waals surface area contributed by atoms with E-state index in [0.717, 1.165) is 11.4 Å². The summed E-state index contributed by atoms with van der Waals surface area (Å²) in [5, 5.41) is 3.86. The highest BCUT2D eigenvalue weighted by molar-refractivity contribution is 6.30. The Morgan fingerprint density at radius 1 is 1.06 bits per heavy atom. The van der Waals surface area contributed by atoms with E-state index >= 15 is 0 Å². The zero-order valence-corrected chi connectivity index (χ0v) is 19.7. The molecule has 1 N–H and O–H groups in total. The van der Waals surface area contributed by atoms with Crippen LogP contribution in [0.25, 0.3) is 0 Å². The number of benzene rings is 1. The molecule has 3 rings (SSSR count). The van der Waals surface area contributed by atoms with Crippen LogP contribution in [0.15, 0.2) is 49.2 Å². The quantitative estimate of drug-likeness (QED) is 0.431. The lowest BCUT2D eigenvalue weighted by atomic mass is 10.1. The number of anilines is 2. The summed E-state index contributed by atoms with van der Waals surface area (Å²) in [6.07, 6.45) is 2.11. The molecule has 9 heteroatoms. The number of ether oxygens (including phenoxy) is 1. The van der Waals surface area contributed by atoms with Gasteiger partial charge in [-0.25, -0.2) is 0 Å². The smallest absolute Gasteiger partial charge is 0.234 e. The molecule has 0 saturated carbocycles. The summed E-state index contributed by atoms with van der Waals surface area (Å²) in [7, 11) is 5.63. The van der Waals surface area contributed by atoms with E-state index in [0.29, 0.717) is 53.7 Å². The lowest BCUT2D eigenvalue weighted by molar-refractivity contribution is 0.475. The second-order valence-electron chi connectivity index (χ2n) is 6.47. The molecule has 2 heterocycles. The number of halogens is 1. The SMILES string of the molecule is CC.[B]CCN(C=C)c1nc(C)nc(NCc2ccc(Oc3ccc(Cl)cc3)c(C)n2)n1. The van der Waals surface area contributed by atoms with Gasteiger partial charge in [0.25, 0.3) is 0 Å². The number of rotatable bonds is 9. The minimum absolute atomic E-state index is 0.454. The number of aromatic nitrogens is 4. The fraction of sp³-hybridized carbons (Fsp3) is 0.304. The fourth-order valence-corrected chi connectivity index (χ4v) is 2.82. The van der Waals surface area contributed by atoms with Crippen LogP contribution in [0.2, 0.25) is 11.3 Å². The molecule has 0 fully saturated rings. The van der Waals surface area contributed by atoms with Crippen molar-refractivity contribution in [2.24, 2.45) is 0 Å². The van der Waals surface area contributed by atoms with Crippen molar-refractivity contribution in [1.29, 1.82) is 0 Å². The van der Waals surface area contributed by atoms with Gasteiger partial charge >= 0.3 is 0 Å². The lowest BCUT2D eigenvalue weighted by Gasteiger charge is -2.18. The number of nitrogens with one attached hydrogen (secondary N) is 1. The molecule has 0 bridgehead atoms. The molecule has 0 saturated heterocycles. The third kappa shape index (κ3) is 7.23. The average Bonchev–Trinajstić information content (AvgIpc) is 2.80. The minimum atomic E-state index is 0.454. The number of nitrogens with zero attached hydrogens (tertiary/aromatic N) is 5. The Labute approximate surface area is 196 Å². The summed E-state index contributed by atoms with van der Waals surface area (Å²) in [5.74, 6) is 2.95. The molecule has 0 aliphatic rings. The average molecular weight is 451 g/mol. The Morgan fingerprint density at radius 2 is 1.78 bits per heavy atom. The first-order chi connectivity index (χ1) is 15.5. The van der Waals surface area contributed by atoms with Crippen LogP contribution < -0.4 is 15.0 Å². The molecule has 0 aliphatic heterocycles. The van der Waals surface area contributed by atoms with Gasteiger partial charge in [0.2, 0.25) is 11.9 Å². The maximum Gasteiger partial charge on any atom is 0.234 e. The molecule has 2 radical (unpaired) electrons. The van der Waals surface area contributed by atoms with Crippen molar-refractivity contribution >= 4 is 31.3 Å². The van der Waals surface area contributed by atoms with Gasteiger partial charge in [-0.2, -0.15) is 15.0 Å². The Morgan fingerprint density at radius 3 is 2.41 bits per heavy atom. The first kappa shape index (κ1) is 25.1. The van der Waals surface area contributed by atoms with Crippen LogP contribution in [0.1, 0.15) is 31.1 Å². The third-order valence-electron chi connectivity index (χ3n) is 4.15. The van der Waals surface area contributed by atoms with Gasteiger partial charge in [-0.15, -0.1) is 0 Å². The van der Waals surface area contributed by atoms with Crippen LogP contribution in [-0.2, 0) is 6.54 Å². The molecule has 3 aromatic rings. The molecule has 166 valence electrons. The summed E-state index contributed by atoms with van der Waals surface area (Å²) in [6.45, 7) is 12.5. The zero-order valence-electron chi connectivity index (χ0n) is 19.0. The van der Waals surface area contributed by atoms with E-state index < -0.39 is 0 Å². The van der Waals surface area contributed by atoms with Gasteiger partial charge in [0.1, 0.15) is 17.3 Å². The maximum atomic E-state index is 5.91. The molecule has 0 spiro atoms. The topological polar surface area (TPSA) is 76.1 Å². The molecule has 0 unspecified atom stereocenters. The molecule has 2 aromatic heterocycles. The van der Waals surface area contributed by atoms with Crippen LogP contribution in [0, 0.1) is 13.8 Å². The Balaban J connectivity index is 0.00000176. The summed E-state index contributed by atoms with van der Waals surface area (Å²) in [4.78, 5) is 19.5. The Kier molecular flexibility index (Phi) is 9.95. The standard InChI is InChI=1S/C21H22BClN6O.C2H6/c1-4-29(12-11-22)21-27-15(3)26-20(28-21)24-13-17-7-10-19(14(2)25-17)30-18-8-5-16(23)6-9-18;1-2/h4-10H,1,11-13H2,2-3H3,(H,24,26,27,28);1-2H3. The molecule has 0 aliphatic carbocycles. The van der Waals surface area contributed by atoms with E-state index in [9.17, 15) is 0 Å². The highest BCUT2D eigenvalue weighted by Crippen LogP contribution is 2.25. The number of pyridine rings is 1. The van der Waals surface area contributed by atoms with E-state index in [1.165, 1.54) is 0 Å². The van der Waals surface area contributed by atoms with Crippen molar-refractivity contribution in [3.05, 3.63) is 71.4 Å².